The first-order valence-corrected chi connectivity index (χ1v) is 6.62. The van der Waals surface area contributed by atoms with Crippen LogP contribution in [0.25, 0.3) is 11.3 Å². The van der Waals surface area contributed by atoms with Crippen LogP contribution in [0.5, 0.6) is 5.75 Å². The molecule has 0 aliphatic carbocycles. The van der Waals surface area contributed by atoms with Gasteiger partial charge in [0.25, 0.3) is 0 Å². The second-order valence-electron chi connectivity index (χ2n) is 4.79. The molecule has 1 aliphatic rings. The summed E-state index contributed by atoms with van der Waals surface area (Å²) < 4.78 is 18.6. The van der Waals surface area contributed by atoms with E-state index >= 15 is 0 Å². The number of para-hydroxylation sites is 1. The van der Waals surface area contributed by atoms with Crippen LogP contribution in [0.4, 0.5) is 10.2 Å². The van der Waals surface area contributed by atoms with Crippen molar-refractivity contribution in [3.8, 4) is 17.0 Å². The molecular formula is C15H16FN3O. The van der Waals surface area contributed by atoms with E-state index in [0.29, 0.717) is 19.5 Å². The first kappa shape index (κ1) is 12.8. The fourth-order valence-electron chi connectivity index (χ4n) is 2.45. The maximum absolute atomic E-state index is 13.3. The van der Waals surface area contributed by atoms with Crippen molar-refractivity contribution in [3.05, 3.63) is 36.7 Å². The van der Waals surface area contributed by atoms with Gasteiger partial charge in [0.2, 0.25) is 0 Å². The number of rotatable bonds is 3. The number of halogens is 1. The SMILES string of the molecule is COc1ccccc1-c1cc(N2CCC(F)C2)ncn1. The Morgan fingerprint density at radius 2 is 2.15 bits per heavy atom. The van der Waals surface area contributed by atoms with Crippen LogP contribution in [0.1, 0.15) is 6.42 Å². The van der Waals surface area contributed by atoms with Crippen molar-refractivity contribution < 1.29 is 9.13 Å². The van der Waals surface area contributed by atoms with Gasteiger partial charge >= 0.3 is 0 Å². The van der Waals surface area contributed by atoms with Crippen LogP contribution in [0.3, 0.4) is 0 Å². The molecule has 0 amide bonds. The highest BCUT2D eigenvalue weighted by Gasteiger charge is 2.23. The molecule has 0 spiro atoms. The largest absolute Gasteiger partial charge is 0.496 e. The Labute approximate surface area is 117 Å². The minimum Gasteiger partial charge on any atom is -0.496 e. The lowest BCUT2D eigenvalue weighted by molar-refractivity contribution is 0.364. The maximum Gasteiger partial charge on any atom is 0.132 e. The summed E-state index contributed by atoms with van der Waals surface area (Å²) in [6.45, 7) is 1.10. The van der Waals surface area contributed by atoms with Gasteiger partial charge in [-0.15, -0.1) is 0 Å². The highest BCUT2D eigenvalue weighted by molar-refractivity contribution is 5.69. The summed E-state index contributed by atoms with van der Waals surface area (Å²) in [5.41, 5.74) is 1.70. The van der Waals surface area contributed by atoms with Gasteiger partial charge < -0.3 is 9.64 Å². The lowest BCUT2D eigenvalue weighted by Gasteiger charge is -2.17. The monoisotopic (exact) mass is 273 g/mol. The third-order valence-corrected chi connectivity index (χ3v) is 3.49. The minimum absolute atomic E-state index is 0.405. The number of hydrogen-bond acceptors (Lipinski definition) is 4. The summed E-state index contributed by atoms with van der Waals surface area (Å²) in [4.78, 5) is 10.5. The number of alkyl halides is 1. The van der Waals surface area contributed by atoms with Crippen molar-refractivity contribution >= 4 is 5.82 Å². The van der Waals surface area contributed by atoms with E-state index in [4.69, 9.17) is 4.74 Å². The number of hydrogen-bond donors (Lipinski definition) is 0. The van der Waals surface area contributed by atoms with Crippen molar-refractivity contribution in [2.24, 2.45) is 0 Å². The molecule has 4 nitrogen and oxygen atoms in total. The topological polar surface area (TPSA) is 38.2 Å². The molecule has 0 saturated carbocycles. The lowest BCUT2D eigenvalue weighted by atomic mass is 10.1. The average molecular weight is 273 g/mol. The van der Waals surface area contributed by atoms with Gasteiger partial charge in [0.15, 0.2) is 0 Å². The standard InChI is InChI=1S/C15H16FN3O/c1-20-14-5-3-2-4-12(14)13-8-15(18-10-17-13)19-7-6-11(16)9-19/h2-5,8,10-11H,6-7,9H2,1H3. The predicted molar refractivity (Wildman–Crippen MR) is 75.7 cm³/mol. The van der Waals surface area contributed by atoms with Crippen LogP contribution in [0, 0.1) is 0 Å². The van der Waals surface area contributed by atoms with Gasteiger partial charge in [0.05, 0.1) is 19.3 Å². The Bertz CT molecular complexity index is 605. The summed E-state index contributed by atoms with van der Waals surface area (Å²) in [6, 6.07) is 9.58. The fraction of sp³-hybridized carbons (Fsp3) is 0.333. The van der Waals surface area contributed by atoms with E-state index in [0.717, 1.165) is 22.8 Å². The van der Waals surface area contributed by atoms with Gasteiger partial charge in [-0.2, -0.15) is 0 Å². The second kappa shape index (κ2) is 5.45. The van der Waals surface area contributed by atoms with Crippen LogP contribution >= 0.6 is 0 Å². The Kier molecular flexibility index (Phi) is 3.50. The van der Waals surface area contributed by atoms with Crippen molar-refractivity contribution in [1.29, 1.82) is 0 Å². The average Bonchev–Trinajstić information content (AvgIpc) is 2.94. The molecule has 20 heavy (non-hydrogen) atoms. The van der Waals surface area contributed by atoms with Crippen molar-refractivity contribution in [1.82, 2.24) is 9.97 Å². The number of aromatic nitrogens is 2. The molecule has 1 aromatic carbocycles. The molecule has 3 rings (SSSR count). The van der Waals surface area contributed by atoms with Gasteiger partial charge in [-0.1, -0.05) is 12.1 Å². The molecule has 1 atom stereocenters. The molecule has 1 fully saturated rings. The fourth-order valence-corrected chi connectivity index (χ4v) is 2.45. The molecule has 1 aliphatic heterocycles. The van der Waals surface area contributed by atoms with Gasteiger partial charge in [-0.05, 0) is 18.6 Å². The Morgan fingerprint density at radius 3 is 2.90 bits per heavy atom. The highest BCUT2D eigenvalue weighted by atomic mass is 19.1. The van der Waals surface area contributed by atoms with E-state index in [2.05, 4.69) is 9.97 Å². The molecule has 0 N–H and O–H groups in total. The van der Waals surface area contributed by atoms with E-state index < -0.39 is 6.17 Å². The van der Waals surface area contributed by atoms with Crippen LogP contribution in [0.2, 0.25) is 0 Å². The van der Waals surface area contributed by atoms with Crippen LogP contribution in [0.15, 0.2) is 36.7 Å². The number of anilines is 1. The van der Waals surface area contributed by atoms with Crippen LogP contribution in [-0.2, 0) is 0 Å². The quantitative estimate of drug-likeness (QED) is 0.862. The molecule has 2 heterocycles. The lowest BCUT2D eigenvalue weighted by Crippen LogP contribution is -2.21. The molecule has 1 unspecified atom stereocenters. The zero-order chi connectivity index (χ0) is 13.9. The van der Waals surface area contributed by atoms with Gasteiger partial charge in [0, 0.05) is 18.2 Å². The number of benzene rings is 1. The van der Waals surface area contributed by atoms with Crippen molar-refractivity contribution in [3.63, 3.8) is 0 Å². The van der Waals surface area contributed by atoms with Gasteiger partial charge in [0.1, 0.15) is 24.1 Å². The normalized spacial score (nSPS) is 18.3. The summed E-state index contributed by atoms with van der Waals surface area (Å²) >= 11 is 0. The minimum atomic E-state index is -0.764. The summed E-state index contributed by atoms with van der Waals surface area (Å²) in [6.07, 6.45) is 1.32. The van der Waals surface area contributed by atoms with Crippen molar-refractivity contribution in [2.45, 2.75) is 12.6 Å². The number of methoxy groups -OCH3 is 1. The zero-order valence-electron chi connectivity index (χ0n) is 11.3. The van der Waals surface area contributed by atoms with Crippen molar-refractivity contribution in [2.75, 3.05) is 25.1 Å². The van der Waals surface area contributed by atoms with Gasteiger partial charge in [-0.25, -0.2) is 14.4 Å². The molecule has 104 valence electrons. The smallest absolute Gasteiger partial charge is 0.132 e. The number of ether oxygens (including phenoxy) is 1. The Morgan fingerprint density at radius 1 is 1.30 bits per heavy atom. The van der Waals surface area contributed by atoms with E-state index in [1.807, 2.05) is 35.2 Å². The molecule has 1 saturated heterocycles. The second-order valence-corrected chi connectivity index (χ2v) is 4.79. The summed E-state index contributed by atoms with van der Waals surface area (Å²) in [7, 11) is 1.63. The van der Waals surface area contributed by atoms with Crippen LogP contribution < -0.4 is 9.64 Å². The van der Waals surface area contributed by atoms with E-state index in [1.54, 1.807) is 7.11 Å². The molecule has 2 aromatic rings. The molecular weight excluding hydrogens is 257 g/mol. The number of nitrogens with zero attached hydrogens (tertiary/aromatic N) is 3. The summed E-state index contributed by atoms with van der Waals surface area (Å²) in [5.74, 6) is 1.53. The molecule has 0 bridgehead atoms. The molecule has 1 aromatic heterocycles. The first-order valence-electron chi connectivity index (χ1n) is 6.62. The first-order chi connectivity index (χ1) is 9.78. The Balaban J connectivity index is 1.95. The van der Waals surface area contributed by atoms with Gasteiger partial charge in [-0.3, -0.25) is 0 Å². The van der Waals surface area contributed by atoms with E-state index in [1.165, 1.54) is 6.33 Å². The molecule has 0 radical (unpaired) electrons. The highest BCUT2D eigenvalue weighted by Crippen LogP contribution is 2.30. The van der Waals surface area contributed by atoms with Crippen LogP contribution in [-0.4, -0.2) is 36.3 Å². The predicted octanol–water partition coefficient (Wildman–Crippen LogP) is 2.70. The van der Waals surface area contributed by atoms with E-state index in [9.17, 15) is 4.39 Å². The third-order valence-electron chi connectivity index (χ3n) is 3.49. The van der Waals surface area contributed by atoms with E-state index in [-0.39, 0.29) is 0 Å². The molecule has 5 heteroatoms. The Hall–Kier alpha value is -2.17. The maximum atomic E-state index is 13.3. The summed E-state index contributed by atoms with van der Waals surface area (Å²) in [5, 5.41) is 0. The zero-order valence-corrected chi connectivity index (χ0v) is 11.3. The third kappa shape index (κ3) is 2.43.